The molecule has 0 bridgehead atoms. The summed E-state index contributed by atoms with van der Waals surface area (Å²) in [5.41, 5.74) is 1.93. The van der Waals surface area contributed by atoms with Crippen molar-refractivity contribution in [3.8, 4) is 11.3 Å². The molecule has 1 aliphatic heterocycles. The third kappa shape index (κ3) is 3.50. The Bertz CT molecular complexity index is 570. The first kappa shape index (κ1) is 14.3. The second kappa shape index (κ2) is 6.39. The fourth-order valence-electron chi connectivity index (χ4n) is 2.72. The molecule has 1 saturated heterocycles. The number of aliphatic hydroxyl groups excluding tert-OH is 1. The Balaban J connectivity index is 1.67. The van der Waals surface area contributed by atoms with Crippen LogP contribution in [0.4, 0.5) is 0 Å². The highest BCUT2D eigenvalue weighted by Gasteiger charge is 2.25. The van der Waals surface area contributed by atoms with Crippen LogP contribution in [0.1, 0.15) is 12.6 Å². The molecule has 1 aliphatic rings. The van der Waals surface area contributed by atoms with Crippen molar-refractivity contribution in [2.24, 2.45) is 0 Å². The first-order valence-electron chi connectivity index (χ1n) is 7.24. The maximum atomic E-state index is 9.26. The Morgan fingerprint density at radius 3 is 2.86 bits per heavy atom. The molecule has 5 heteroatoms. The van der Waals surface area contributed by atoms with Crippen LogP contribution in [-0.2, 0) is 11.3 Å². The molecule has 0 radical (unpaired) electrons. The van der Waals surface area contributed by atoms with E-state index >= 15 is 0 Å². The minimum absolute atomic E-state index is 0.0505. The summed E-state index contributed by atoms with van der Waals surface area (Å²) in [4.78, 5) is 2.24. The highest BCUT2D eigenvalue weighted by molar-refractivity contribution is 5.56. The molecular formula is C16H20N2O3. The number of hydrogen-bond acceptors (Lipinski definition) is 5. The van der Waals surface area contributed by atoms with Gasteiger partial charge in [-0.05, 0) is 6.92 Å². The van der Waals surface area contributed by atoms with Gasteiger partial charge in [0.25, 0.3) is 0 Å². The van der Waals surface area contributed by atoms with E-state index < -0.39 is 0 Å². The molecule has 2 aromatic rings. The zero-order valence-electron chi connectivity index (χ0n) is 12.1. The highest BCUT2D eigenvalue weighted by atomic mass is 16.5. The first-order chi connectivity index (χ1) is 10.2. The van der Waals surface area contributed by atoms with Crippen LogP contribution in [0.3, 0.4) is 0 Å². The summed E-state index contributed by atoms with van der Waals surface area (Å²) in [6, 6.07) is 11.9. The molecular weight excluding hydrogens is 268 g/mol. The molecule has 1 N–H and O–H groups in total. The Morgan fingerprint density at radius 1 is 1.29 bits per heavy atom. The van der Waals surface area contributed by atoms with Crippen LogP contribution in [0.25, 0.3) is 11.3 Å². The lowest BCUT2D eigenvalue weighted by atomic mass is 10.1. The van der Waals surface area contributed by atoms with Gasteiger partial charge < -0.3 is 14.4 Å². The van der Waals surface area contributed by atoms with E-state index in [1.54, 1.807) is 0 Å². The monoisotopic (exact) mass is 288 g/mol. The minimum atomic E-state index is -0.116. The number of rotatable bonds is 4. The Kier molecular flexibility index (Phi) is 4.34. The van der Waals surface area contributed by atoms with Crippen LogP contribution >= 0.6 is 0 Å². The third-order valence-corrected chi connectivity index (χ3v) is 3.61. The van der Waals surface area contributed by atoms with Crippen LogP contribution in [0, 0.1) is 0 Å². The van der Waals surface area contributed by atoms with Crippen molar-refractivity contribution in [3.05, 3.63) is 42.1 Å². The number of nitrogens with zero attached hydrogens (tertiary/aromatic N) is 2. The number of benzene rings is 1. The van der Waals surface area contributed by atoms with Crippen LogP contribution in [0.15, 0.2) is 40.9 Å². The van der Waals surface area contributed by atoms with Gasteiger partial charge >= 0.3 is 0 Å². The van der Waals surface area contributed by atoms with Crippen molar-refractivity contribution in [1.82, 2.24) is 10.1 Å². The number of aromatic nitrogens is 1. The summed E-state index contributed by atoms with van der Waals surface area (Å²) in [7, 11) is 0. The van der Waals surface area contributed by atoms with Crippen LogP contribution in [0.2, 0.25) is 0 Å². The zero-order chi connectivity index (χ0) is 14.7. The standard InChI is InChI=1S/C16H20N2O3/c1-12-8-18(10-15(11-19)20-12)9-14-7-16(21-17-14)13-5-3-2-4-6-13/h2-7,12,15,19H,8-11H2,1H3. The van der Waals surface area contributed by atoms with Gasteiger partial charge in [0.05, 0.1) is 24.5 Å². The van der Waals surface area contributed by atoms with Crippen molar-refractivity contribution in [1.29, 1.82) is 0 Å². The SMILES string of the molecule is CC1CN(Cc2cc(-c3ccccc3)on2)CC(CO)O1. The smallest absolute Gasteiger partial charge is 0.167 e. The second-order valence-electron chi connectivity index (χ2n) is 5.49. The van der Waals surface area contributed by atoms with E-state index in [4.69, 9.17) is 9.26 Å². The Hall–Kier alpha value is -1.69. The molecule has 1 fully saturated rings. The number of aliphatic hydroxyl groups is 1. The summed E-state index contributed by atoms with van der Waals surface area (Å²) in [5.74, 6) is 0.783. The van der Waals surface area contributed by atoms with Gasteiger partial charge in [-0.2, -0.15) is 0 Å². The lowest BCUT2D eigenvalue weighted by Crippen LogP contribution is -2.47. The van der Waals surface area contributed by atoms with Gasteiger partial charge in [0.15, 0.2) is 5.76 Å². The normalized spacial score (nSPS) is 23.3. The predicted octanol–water partition coefficient (Wildman–Crippen LogP) is 1.92. The Morgan fingerprint density at radius 2 is 2.10 bits per heavy atom. The zero-order valence-corrected chi connectivity index (χ0v) is 12.1. The summed E-state index contributed by atoms with van der Waals surface area (Å²) >= 11 is 0. The van der Waals surface area contributed by atoms with Gasteiger partial charge in [0.2, 0.25) is 0 Å². The van der Waals surface area contributed by atoms with Gasteiger partial charge in [0.1, 0.15) is 0 Å². The predicted molar refractivity (Wildman–Crippen MR) is 78.6 cm³/mol. The lowest BCUT2D eigenvalue weighted by molar-refractivity contribution is -0.0976. The van der Waals surface area contributed by atoms with E-state index in [-0.39, 0.29) is 18.8 Å². The fourth-order valence-corrected chi connectivity index (χ4v) is 2.72. The molecule has 3 rings (SSSR count). The Labute approximate surface area is 124 Å². The van der Waals surface area contributed by atoms with Crippen molar-refractivity contribution >= 4 is 0 Å². The molecule has 0 spiro atoms. The summed E-state index contributed by atoms with van der Waals surface area (Å²) in [6.45, 7) is 4.33. The van der Waals surface area contributed by atoms with Gasteiger partial charge in [-0.3, -0.25) is 4.90 Å². The van der Waals surface area contributed by atoms with E-state index in [1.807, 2.05) is 43.3 Å². The van der Waals surface area contributed by atoms with Gasteiger partial charge in [0, 0.05) is 31.3 Å². The topological polar surface area (TPSA) is 58.7 Å². The first-order valence-corrected chi connectivity index (χ1v) is 7.24. The van der Waals surface area contributed by atoms with E-state index in [0.717, 1.165) is 23.6 Å². The van der Waals surface area contributed by atoms with Crippen molar-refractivity contribution in [2.75, 3.05) is 19.7 Å². The molecule has 2 heterocycles. The minimum Gasteiger partial charge on any atom is -0.394 e. The summed E-state index contributed by atoms with van der Waals surface area (Å²) < 4.78 is 11.1. The molecule has 112 valence electrons. The number of morpholine rings is 1. The molecule has 0 amide bonds. The molecule has 2 unspecified atom stereocenters. The molecule has 1 aromatic carbocycles. The average Bonchev–Trinajstić information content (AvgIpc) is 2.96. The van der Waals surface area contributed by atoms with Gasteiger partial charge in [-0.25, -0.2) is 0 Å². The largest absolute Gasteiger partial charge is 0.394 e. The van der Waals surface area contributed by atoms with Crippen molar-refractivity contribution in [2.45, 2.75) is 25.7 Å². The van der Waals surface area contributed by atoms with Gasteiger partial charge in [-0.15, -0.1) is 0 Å². The van der Waals surface area contributed by atoms with Gasteiger partial charge in [-0.1, -0.05) is 35.5 Å². The molecule has 21 heavy (non-hydrogen) atoms. The van der Waals surface area contributed by atoms with Crippen LogP contribution in [-0.4, -0.2) is 47.1 Å². The molecule has 0 saturated carbocycles. The maximum absolute atomic E-state index is 9.26. The van der Waals surface area contributed by atoms with E-state index in [9.17, 15) is 5.11 Å². The number of ether oxygens (including phenoxy) is 1. The number of hydrogen-bond donors (Lipinski definition) is 1. The van der Waals surface area contributed by atoms with Crippen molar-refractivity contribution in [3.63, 3.8) is 0 Å². The fraction of sp³-hybridized carbons (Fsp3) is 0.438. The molecule has 0 aliphatic carbocycles. The van der Waals surface area contributed by atoms with E-state index in [1.165, 1.54) is 0 Å². The molecule has 5 nitrogen and oxygen atoms in total. The summed E-state index contributed by atoms with van der Waals surface area (Å²) in [6.07, 6.45) is 0.00522. The van der Waals surface area contributed by atoms with E-state index in [0.29, 0.717) is 13.1 Å². The van der Waals surface area contributed by atoms with Crippen LogP contribution < -0.4 is 0 Å². The molecule has 2 atom stereocenters. The van der Waals surface area contributed by atoms with E-state index in [2.05, 4.69) is 10.1 Å². The lowest BCUT2D eigenvalue weighted by Gasteiger charge is -2.35. The second-order valence-corrected chi connectivity index (χ2v) is 5.49. The highest BCUT2D eigenvalue weighted by Crippen LogP contribution is 2.21. The third-order valence-electron chi connectivity index (χ3n) is 3.61. The summed E-state index contributed by atoms with van der Waals surface area (Å²) in [5, 5.41) is 13.4. The molecule has 1 aromatic heterocycles. The van der Waals surface area contributed by atoms with Crippen molar-refractivity contribution < 1.29 is 14.4 Å². The van der Waals surface area contributed by atoms with Crippen LogP contribution in [0.5, 0.6) is 0 Å². The average molecular weight is 288 g/mol. The maximum Gasteiger partial charge on any atom is 0.167 e. The quantitative estimate of drug-likeness (QED) is 0.931.